The lowest BCUT2D eigenvalue weighted by atomic mass is 9.81. The van der Waals surface area contributed by atoms with Gasteiger partial charge in [0.2, 0.25) is 5.91 Å². The largest absolute Gasteiger partial charge is 0.356 e. The number of aromatic nitrogens is 1. The molecule has 21 heavy (non-hydrogen) atoms. The van der Waals surface area contributed by atoms with E-state index < -0.39 is 0 Å². The van der Waals surface area contributed by atoms with Crippen molar-refractivity contribution in [3.8, 4) is 0 Å². The number of aromatic amines is 1. The van der Waals surface area contributed by atoms with Crippen LogP contribution in [0.5, 0.6) is 0 Å². The lowest BCUT2D eigenvalue weighted by Gasteiger charge is -2.42. The Morgan fingerprint density at radius 2 is 2.24 bits per heavy atom. The van der Waals surface area contributed by atoms with Crippen LogP contribution >= 0.6 is 15.9 Å². The molecule has 2 aliphatic heterocycles. The fourth-order valence-corrected chi connectivity index (χ4v) is 4.68. The second-order valence-corrected chi connectivity index (χ2v) is 7.16. The number of halogens is 1. The molecule has 4 rings (SSSR count). The second-order valence-electron chi connectivity index (χ2n) is 6.25. The van der Waals surface area contributed by atoms with Crippen LogP contribution in [0.4, 0.5) is 0 Å². The van der Waals surface area contributed by atoms with Crippen molar-refractivity contribution in [1.82, 2.24) is 9.88 Å². The van der Waals surface area contributed by atoms with Crippen molar-refractivity contribution in [1.29, 1.82) is 0 Å². The van der Waals surface area contributed by atoms with Gasteiger partial charge in [-0.3, -0.25) is 4.79 Å². The van der Waals surface area contributed by atoms with Crippen molar-refractivity contribution in [2.45, 2.75) is 44.6 Å². The quantitative estimate of drug-likeness (QED) is 0.872. The van der Waals surface area contributed by atoms with E-state index in [9.17, 15) is 4.79 Å². The Hall–Kier alpha value is -1.29. The molecule has 3 heterocycles. The first kappa shape index (κ1) is 13.4. The highest BCUT2D eigenvalue weighted by Crippen LogP contribution is 2.48. The molecular weight excluding hydrogens is 328 g/mol. The lowest BCUT2D eigenvalue weighted by Crippen LogP contribution is -2.48. The fraction of sp³-hybridized carbons (Fsp3) is 0.471. The first-order chi connectivity index (χ1) is 10.2. The van der Waals surface area contributed by atoms with Gasteiger partial charge in [-0.25, -0.2) is 0 Å². The number of carbonyl (C=O) groups excluding carboxylic acids is 1. The molecule has 0 bridgehead atoms. The van der Waals surface area contributed by atoms with E-state index in [1.807, 2.05) is 0 Å². The minimum atomic E-state index is -0.0785. The van der Waals surface area contributed by atoms with Crippen molar-refractivity contribution in [3.05, 3.63) is 33.9 Å². The number of rotatable bonds is 2. The summed E-state index contributed by atoms with van der Waals surface area (Å²) in [7, 11) is 0. The summed E-state index contributed by atoms with van der Waals surface area (Å²) < 4.78 is 1.12. The highest BCUT2D eigenvalue weighted by molar-refractivity contribution is 9.10. The lowest BCUT2D eigenvalue weighted by molar-refractivity contribution is -0.132. The Bertz CT molecular complexity index is 736. The summed E-state index contributed by atoms with van der Waals surface area (Å²) in [6, 6.07) is 6.42. The highest BCUT2D eigenvalue weighted by atomic mass is 79.9. The van der Waals surface area contributed by atoms with Gasteiger partial charge < -0.3 is 9.88 Å². The second kappa shape index (κ2) is 4.60. The summed E-state index contributed by atoms with van der Waals surface area (Å²) in [5.41, 5.74) is 3.84. The van der Waals surface area contributed by atoms with E-state index in [1.165, 1.54) is 22.2 Å². The number of nitrogens with zero attached hydrogens (tertiary/aromatic N) is 1. The molecule has 1 fully saturated rings. The van der Waals surface area contributed by atoms with Crippen molar-refractivity contribution >= 4 is 32.7 Å². The maximum Gasteiger partial charge on any atom is 0.223 e. The van der Waals surface area contributed by atoms with Gasteiger partial charge in [0.25, 0.3) is 0 Å². The molecule has 1 aromatic heterocycles. The molecule has 110 valence electrons. The van der Waals surface area contributed by atoms with Crippen molar-refractivity contribution in [3.63, 3.8) is 0 Å². The molecule has 1 amide bonds. The third-order valence-electron chi connectivity index (χ3n) is 5.15. The van der Waals surface area contributed by atoms with Gasteiger partial charge in [-0.2, -0.15) is 0 Å². The molecule has 0 unspecified atom stereocenters. The van der Waals surface area contributed by atoms with Gasteiger partial charge in [-0.1, -0.05) is 29.3 Å². The minimum absolute atomic E-state index is 0.0785. The molecule has 1 saturated heterocycles. The smallest absolute Gasteiger partial charge is 0.223 e. The average molecular weight is 347 g/mol. The number of amides is 1. The molecule has 0 saturated carbocycles. The van der Waals surface area contributed by atoms with E-state index in [-0.39, 0.29) is 5.54 Å². The third-order valence-corrected chi connectivity index (χ3v) is 5.65. The van der Waals surface area contributed by atoms with Crippen LogP contribution in [0.3, 0.4) is 0 Å². The normalized spacial score (nSPS) is 24.5. The average Bonchev–Trinajstić information content (AvgIpc) is 2.99. The Kier molecular flexibility index (Phi) is 2.93. The molecule has 2 aromatic rings. The predicted molar refractivity (Wildman–Crippen MR) is 87.2 cm³/mol. The van der Waals surface area contributed by atoms with E-state index in [0.29, 0.717) is 12.3 Å². The number of H-pyrrole nitrogens is 1. The Morgan fingerprint density at radius 1 is 1.38 bits per heavy atom. The summed E-state index contributed by atoms with van der Waals surface area (Å²) >= 11 is 3.58. The van der Waals surface area contributed by atoms with Crippen LogP contribution in [-0.4, -0.2) is 22.3 Å². The molecular formula is C17H19BrN2O. The molecule has 0 aliphatic carbocycles. The van der Waals surface area contributed by atoms with E-state index >= 15 is 0 Å². The Morgan fingerprint density at radius 3 is 3.05 bits per heavy atom. The van der Waals surface area contributed by atoms with Crippen LogP contribution in [0.15, 0.2) is 22.7 Å². The molecule has 2 aliphatic rings. The number of fused-ring (bicyclic) bond motifs is 5. The summed E-state index contributed by atoms with van der Waals surface area (Å²) in [5.74, 6) is 0.328. The maximum atomic E-state index is 12.3. The zero-order valence-corrected chi connectivity index (χ0v) is 13.8. The number of hydrogen-bond donors (Lipinski definition) is 1. The van der Waals surface area contributed by atoms with Crippen molar-refractivity contribution in [2.24, 2.45) is 0 Å². The Balaban J connectivity index is 1.97. The van der Waals surface area contributed by atoms with E-state index in [2.05, 4.69) is 50.9 Å². The van der Waals surface area contributed by atoms with Gasteiger partial charge in [0, 0.05) is 34.0 Å². The van der Waals surface area contributed by atoms with E-state index in [4.69, 9.17) is 0 Å². The molecule has 0 spiro atoms. The number of benzene rings is 1. The summed E-state index contributed by atoms with van der Waals surface area (Å²) in [6.45, 7) is 3.08. The van der Waals surface area contributed by atoms with Gasteiger partial charge in [0.05, 0.1) is 5.54 Å². The fourth-order valence-electron chi connectivity index (χ4n) is 4.32. The highest BCUT2D eigenvalue weighted by Gasteiger charge is 2.50. The van der Waals surface area contributed by atoms with Crippen molar-refractivity contribution < 1.29 is 4.79 Å². The van der Waals surface area contributed by atoms with E-state index in [0.717, 1.165) is 36.7 Å². The zero-order chi connectivity index (χ0) is 14.6. The third kappa shape index (κ3) is 1.75. The van der Waals surface area contributed by atoms with Crippen LogP contribution in [-0.2, 0) is 16.8 Å². The Labute approximate surface area is 132 Å². The standard InChI is InChI=1S/C17H19BrN2O/c1-2-7-17-8-5-15(21)20(17)9-6-12-13-10-11(18)3-4-14(13)19-16(12)17/h3-4,10,19H,2,5-9H2,1H3/t17-/m1/s1. The summed E-state index contributed by atoms with van der Waals surface area (Å²) in [5, 5.41) is 1.31. The molecule has 1 aromatic carbocycles. The van der Waals surface area contributed by atoms with Gasteiger partial charge in [0.1, 0.15) is 0 Å². The van der Waals surface area contributed by atoms with Crippen LogP contribution in [0.1, 0.15) is 43.9 Å². The van der Waals surface area contributed by atoms with Crippen LogP contribution < -0.4 is 0 Å². The SMILES string of the molecule is CCC[C@]12CCC(=O)N1CCc1c2[nH]c2ccc(Br)cc12. The maximum absolute atomic E-state index is 12.3. The van der Waals surface area contributed by atoms with Gasteiger partial charge in [-0.15, -0.1) is 0 Å². The summed E-state index contributed by atoms with van der Waals surface area (Å²) in [4.78, 5) is 18.1. The first-order valence-corrected chi connectivity index (χ1v) is 8.56. The first-order valence-electron chi connectivity index (χ1n) is 7.77. The topological polar surface area (TPSA) is 36.1 Å². The number of hydrogen-bond acceptors (Lipinski definition) is 1. The molecule has 1 atom stereocenters. The van der Waals surface area contributed by atoms with Crippen LogP contribution in [0, 0.1) is 0 Å². The van der Waals surface area contributed by atoms with Gasteiger partial charge >= 0.3 is 0 Å². The zero-order valence-electron chi connectivity index (χ0n) is 12.2. The molecule has 4 heteroatoms. The molecule has 1 N–H and O–H groups in total. The monoisotopic (exact) mass is 346 g/mol. The van der Waals surface area contributed by atoms with Gasteiger partial charge in [0.15, 0.2) is 0 Å². The number of carbonyl (C=O) groups is 1. The predicted octanol–water partition coefficient (Wildman–Crippen LogP) is 4.10. The van der Waals surface area contributed by atoms with Gasteiger partial charge in [-0.05, 0) is 43.0 Å². The van der Waals surface area contributed by atoms with Crippen LogP contribution in [0.2, 0.25) is 0 Å². The molecule has 0 radical (unpaired) electrons. The minimum Gasteiger partial charge on any atom is -0.356 e. The van der Waals surface area contributed by atoms with E-state index in [1.54, 1.807) is 0 Å². The van der Waals surface area contributed by atoms with Crippen molar-refractivity contribution in [2.75, 3.05) is 6.54 Å². The van der Waals surface area contributed by atoms with Crippen LogP contribution in [0.25, 0.3) is 10.9 Å². The summed E-state index contributed by atoms with van der Waals surface area (Å²) in [6.07, 6.45) is 4.77. The number of nitrogens with one attached hydrogen (secondary N) is 1. The molecule has 3 nitrogen and oxygen atoms in total.